The monoisotopic (exact) mass is 317 g/mol. The van der Waals surface area contributed by atoms with Crippen LogP contribution in [0, 0.1) is 12.7 Å². The molecule has 4 nitrogen and oxygen atoms in total. The molecule has 23 heavy (non-hydrogen) atoms. The van der Waals surface area contributed by atoms with Gasteiger partial charge in [-0.25, -0.2) is 4.39 Å². The molecule has 5 heteroatoms. The lowest BCUT2D eigenvalue weighted by Crippen LogP contribution is -2.26. The van der Waals surface area contributed by atoms with Crippen LogP contribution in [-0.4, -0.2) is 26.7 Å². The molecule has 2 rings (SSSR count). The Morgan fingerprint density at radius 3 is 2.52 bits per heavy atom. The van der Waals surface area contributed by atoms with Crippen LogP contribution in [0.5, 0.6) is 11.5 Å². The minimum Gasteiger partial charge on any atom is -0.496 e. The topological polar surface area (TPSA) is 47.6 Å². The first-order chi connectivity index (χ1) is 11.1. The summed E-state index contributed by atoms with van der Waals surface area (Å²) in [4.78, 5) is 12.3. The summed E-state index contributed by atoms with van der Waals surface area (Å²) in [5, 5.41) is 2.79. The molecule has 0 saturated heterocycles. The van der Waals surface area contributed by atoms with Gasteiger partial charge >= 0.3 is 0 Å². The number of ether oxygens (including phenoxy) is 2. The minimum absolute atomic E-state index is 0.260. The summed E-state index contributed by atoms with van der Waals surface area (Å²) in [7, 11) is 3.08. The molecule has 0 saturated carbocycles. The first-order valence-electron chi connectivity index (χ1n) is 7.31. The molecule has 0 spiro atoms. The molecule has 0 bridgehead atoms. The van der Waals surface area contributed by atoms with E-state index in [-0.39, 0.29) is 11.7 Å². The molecule has 122 valence electrons. The molecule has 0 fully saturated rings. The van der Waals surface area contributed by atoms with Gasteiger partial charge in [-0.2, -0.15) is 0 Å². The summed E-state index contributed by atoms with van der Waals surface area (Å²) in [5.74, 6) is 0.612. The Morgan fingerprint density at radius 2 is 1.87 bits per heavy atom. The fourth-order valence-corrected chi connectivity index (χ4v) is 2.44. The van der Waals surface area contributed by atoms with Crippen LogP contribution in [0.25, 0.3) is 0 Å². The lowest BCUT2D eigenvalue weighted by atomic mass is 10.1. The van der Waals surface area contributed by atoms with Crippen molar-refractivity contribution >= 4 is 5.91 Å². The van der Waals surface area contributed by atoms with Gasteiger partial charge in [0.25, 0.3) is 5.91 Å². The van der Waals surface area contributed by atoms with Gasteiger partial charge in [-0.3, -0.25) is 4.79 Å². The third-order valence-electron chi connectivity index (χ3n) is 3.66. The Morgan fingerprint density at radius 1 is 1.13 bits per heavy atom. The van der Waals surface area contributed by atoms with Crippen molar-refractivity contribution in [3.8, 4) is 11.5 Å². The van der Waals surface area contributed by atoms with Crippen molar-refractivity contribution in [1.29, 1.82) is 0 Å². The van der Waals surface area contributed by atoms with Crippen LogP contribution in [0.15, 0.2) is 36.4 Å². The number of benzene rings is 2. The molecule has 0 unspecified atom stereocenters. The van der Waals surface area contributed by atoms with E-state index in [0.717, 1.165) is 5.56 Å². The SMILES string of the molecule is COc1ccc(C(=O)NCCc2ccccc2F)c(OC)c1C. The van der Waals surface area contributed by atoms with Crippen molar-refractivity contribution in [2.75, 3.05) is 20.8 Å². The van der Waals surface area contributed by atoms with Crippen molar-refractivity contribution < 1.29 is 18.7 Å². The second-order valence-electron chi connectivity index (χ2n) is 5.07. The van der Waals surface area contributed by atoms with Gasteiger partial charge in [0.05, 0.1) is 19.8 Å². The normalized spacial score (nSPS) is 10.3. The van der Waals surface area contributed by atoms with Crippen molar-refractivity contribution in [3.05, 3.63) is 58.9 Å². The van der Waals surface area contributed by atoms with Crippen LogP contribution in [0.1, 0.15) is 21.5 Å². The number of carbonyl (C=O) groups is 1. The van der Waals surface area contributed by atoms with Crippen molar-refractivity contribution in [2.45, 2.75) is 13.3 Å². The van der Waals surface area contributed by atoms with Gasteiger partial charge in [0.2, 0.25) is 0 Å². The molecule has 0 radical (unpaired) electrons. The van der Waals surface area contributed by atoms with Crippen molar-refractivity contribution in [2.24, 2.45) is 0 Å². The van der Waals surface area contributed by atoms with Crippen LogP contribution >= 0.6 is 0 Å². The van der Waals surface area contributed by atoms with E-state index in [1.54, 1.807) is 37.4 Å². The van der Waals surface area contributed by atoms with Gasteiger partial charge in [0.15, 0.2) is 0 Å². The summed E-state index contributed by atoms with van der Waals surface area (Å²) in [5.41, 5.74) is 1.77. The average molecular weight is 317 g/mol. The van der Waals surface area contributed by atoms with E-state index in [2.05, 4.69) is 5.32 Å². The predicted octanol–water partition coefficient (Wildman–Crippen LogP) is 3.12. The molecule has 2 aromatic rings. The molecular weight excluding hydrogens is 297 g/mol. The summed E-state index contributed by atoms with van der Waals surface area (Å²) >= 11 is 0. The number of rotatable bonds is 6. The number of nitrogens with one attached hydrogen (secondary N) is 1. The van der Waals surface area contributed by atoms with E-state index in [9.17, 15) is 9.18 Å². The second kappa shape index (κ2) is 7.63. The van der Waals surface area contributed by atoms with E-state index < -0.39 is 0 Å². The van der Waals surface area contributed by atoms with Crippen molar-refractivity contribution in [3.63, 3.8) is 0 Å². The number of carbonyl (C=O) groups excluding carboxylic acids is 1. The quantitative estimate of drug-likeness (QED) is 0.890. The van der Waals surface area contributed by atoms with Gasteiger partial charge in [0, 0.05) is 12.1 Å². The molecule has 0 aliphatic rings. The maximum absolute atomic E-state index is 13.5. The van der Waals surface area contributed by atoms with Crippen LogP contribution in [0.4, 0.5) is 4.39 Å². The maximum atomic E-state index is 13.5. The molecule has 1 N–H and O–H groups in total. The zero-order chi connectivity index (χ0) is 16.8. The van der Waals surface area contributed by atoms with Crippen LogP contribution < -0.4 is 14.8 Å². The highest BCUT2D eigenvalue weighted by Crippen LogP contribution is 2.31. The molecule has 1 amide bonds. The van der Waals surface area contributed by atoms with Gasteiger partial charge in [-0.15, -0.1) is 0 Å². The number of methoxy groups -OCH3 is 2. The number of hydrogen-bond acceptors (Lipinski definition) is 3. The molecule has 0 heterocycles. The lowest BCUT2D eigenvalue weighted by molar-refractivity contribution is 0.0950. The average Bonchev–Trinajstić information content (AvgIpc) is 2.56. The van der Waals surface area contributed by atoms with E-state index in [4.69, 9.17) is 9.47 Å². The number of amides is 1. The van der Waals surface area contributed by atoms with E-state index in [1.807, 2.05) is 6.92 Å². The third kappa shape index (κ3) is 3.80. The minimum atomic E-state index is -0.264. The fourth-order valence-electron chi connectivity index (χ4n) is 2.44. The standard InChI is InChI=1S/C18H20FNO3/c1-12-16(22-2)9-8-14(17(12)23-3)18(21)20-11-10-13-6-4-5-7-15(13)19/h4-9H,10-11H2,1-3H3,(H,20,21). The number of hydrogen-bond donors (Lipinski definition) is 1. The van der Waals surface area contributed by atoms with Gasteiger partial charge in [-0.05, 0) is 37.1 Å². The second-order valence-corrected chi connectivity index (χ2v) is 5.07. The first-order valence-corrected chi connectivity index (χ1v) is 7.31. The van der Waals surface area contributed by atoms with Crippen molar-refractivity contribution in [1.82, 2.24) is 5.32 Å². The molecule has 0 atom stereocenters. The maximum Gasteiger partial charge on any atom is 0.255 e. The highest BCUT2D eigenvalue weighted by Gasteiger charge is 2.17. The van der Waals surface area contributed by atoms with E-state index >= 15 is 0 Å². The lowest BCUT2D eigenvalue weighted by Gasteiger charge is -2.14. The summed E-state index contributed by atoms with van der Waals surface area (Å²) in [6.45, 7) is 2.17. The summed E-state index contributed by atoms with van der Waals surface area (Å²) in [6.07, 6.45) is 0.426. The van der Waals surface area contributed by atoms with E-state index in [1.165, 1.54) is 13.2 Å². The predicted molar refractivity (Wildman–Crippen MR) is 86.7 cm³/mol. The Bertz CT molecular complexity index is 701. The summed E-state index contributed by atoms with van der Waals surface area (Å²) < 4.78 is 24.1. The molecule has 0 aromatic heterocycles. The van der Waals surface area contributed by atoms with Crippen LogP contribution in [-0.2, 0) is 6.42 Å². The molecular formula is C18H20FNO3. The Labute approximate surface area is 135 Å². The third-order valence-corrected chi connectivity index (χ3v) is 3.66. The van der Waals surface area contributed by atoms with Gasteiger partial charge < -0.3 is 14.8 Å². The Hall–Kier alpha value is -2.56. The molecule has 2 aromatic carbocycles. The first kappa shape index (κ1) is 16.8. The fraction of sp³-hybridized carbons (Fsp3) is 0.278. The Balaban J connectivity index is 2.06. The highest BCUT2D eigenvalue weighted by atomic mass is 19.1. The molecule has 0 aliphatic carbocycles. The zero-order valence-corrected chi connectivity index (χ0v) is 13.5. The summed E-state index contributed by atoms with van der Waals surface area (Å²) in [6, 6.07) is 9.91. The Kier molecular flexibility index (Phi) is 5.57. The zero-order valence-electron chi connectivity index (χ0n) is 13.5. The molecule has 0 aliphatic heterocycles. The van der Waals surface area contributed by atoms with Crippen LogP contribution in [0.2, 0.25) is 0 Å². The van der Waals surface area contributed by atoms with E-state index in [0.29, 0.717) is 35.6 Å². The smallest absolute Gasteiger partial charge is 0.255 e. The largest absolute Gasteiger partial charge is 0.496 e. The van der Waals surface area contributed by atoms with Gasteiger partial charge in [-0.1, -0.05) is 18.2 Å². The van der Waals surface area contributed by atoms with Gasteiger partial charge in [0.1, 0.15) is 17.3 Å². The van der Waals surface area contributed by atoms with Crippen LogP contribution in [0.3, 0.4) is 0 Å². The number of halogens is 1. The highest BCUT2D eigenvalue weighted by molar-refractivity contribution is 5.97.